The monoisotopic (exact) mass is 404 g/mol. The van der Waals surface area contributed by atoms with E-state index in [0.29, 0.717) is 16.9 Å². The molecule has 0 aliphatic heterocycles. The van der Waals surface area contributed by atoms with Crippen LogP contribution in [-0.2, 0) is 9.59 Å². The molecular formula is C22H20N4O4. The number of anilines is 2. The Hall–Kier alpha value is -4.04. The van der Waals surface area contributed by atoms with Gasteiger partial charge >= 0.3 is 0 Å². The third-order valence-corrected chi connectivity index (χ3v) is 4.45. The molecule has 0 radical (unpaired) electrons. The minimum Gasteiger partial charge on any atom is -0.324 e. The molecule has 3 rings (SSSR count). The predicted molar refractivity (Wildman–Crippen MR) is 114 cm³/mol. The Labute approximate surface area is 173 Å². The third-order valence-electron chi connectivity index (χ3n) is 4.45. The first-order valence-electron chi connectivity index (χ1n) is 9.18. The molecule has 0 fully saturated rings. The summed E-state index contributed by atoms with van der Waals surface area (Å²) in [6, 6.07) is 22.1. The van der Waals surface area contributed by atoms with E-state index in [9.17, 15) is 19.7 Å². The average molecular weight is 404 g/mol. The van der Waals surface area contributed by atoms with E-state index in [1.807, 2.05) is 12.1 Å². The molecule has 1 atom stereocenters. The molecule has 0 aliphatic carbocycles. The van der Waals surface area contributed by atoms with E-state index < -0.39 is 22.8 Å². The van der Waals surface area contributed by atoms with E-state index >= 15 is 0 Å². The van der Waals surface area contributed by atoms with Crippen LogP contribution in [0, 0.1) is 10.1 Å². The number of benzene rings is 3. The SMILES string of the molecule is NCC(=O)N(c1ccccc1)C(C(=O)Nc1ccc([N+](=O)[O-])cc1)c1ccccc1. The van der Waals surface area contributed by atoms with E-state index in [4.69, 9.17) is 5.73 Å². The molecule has 3 aromatic rings. The Balaban J connectivity index is 2.00. The van der Waals surface area contributed by atoms with Gasteiger partial charge in [-0.1, -0.05) is 48.5 Å². The summed E-state index contributed by atoms with van der Waals surface area (Å²) in [5.41, 5.74) is 7.05. The molecule has 30 heavy (non-hydrogen) atoms. The van der Waals surface area contributed by atoms with Gasteiger partial charge in [0.05, 0.1) is 11.5 Å². The van der Waals surface area contributed by atoms with Gasteiger partial charge in [0.15, 0.2) is 0 Å². The molecule has 0 aliphatic rings. The molecule has 0 bridgehead atoms. The highest BCUT2D eigenvalue weighted by atomic mass is 16.6. The van der Waals surface area contributed by atoms with Gasteiger partial charge in [0.2, 0.25) is 5.91 Å². The number of carbonyl (C=O) groups excluding carboxylic acids is 2. The molecule has 0 spiro atoms. The van der Waals surface area contributed by atoms with Gasteiger partial charge in [0.25, 0.3) is 11.6 Å². The van der Waals surface area contributed by atoms with E-state index in [0.717, 1.165) is 0 Å². The first-order valence-corrected chi connectivity index (χ1v) is 9.18. The van der Waals surface area contributed by atoms with Crippen molar-refractivity contribution in [3.8, 4) is 0 Å². The van der Waals surface area contributed by atoms with Crippen LogP contribution in [0.25, 0.3) is 0 Å². The van der Waals surface area contributed by atoms with Crippen LogP contribution in [0.15, 0.2) is 84.9 Å². The van der Waals surface area contributed by atoms with Crippen molar-refractivity contribution >= 4 is 28.9 Å². The van der Waals surface area contributed by atoms with Gasteiger partial charge in [-0.3, -0.25) is 24.6 Å². The molecule has 152 valence electrons. The van der Waals surface area contributed by atoms with Crippen LogP contribution in [0.1, 0.15) is 11.6 Å². The number of hydrogen-bond donors (Lipinski definition) is 2. The van der Waals surface area contributed by atoms with E-state index in [1.54, 1.807) is 48.5 Å². The Morgan fingerprint density at radius 1 is 0.933 bits per heavy atom. The number of amides is 2. The number of hydrogen-bond acceptors (Lipinski definition) is 5. The summed E-state index contributed by atoms with van der Waals surface area (Å²) in [6.07, 6.45) is 0. The zero-order valence-electron chi connectivity index (χ0n) is 16.0. The number of rotatable bonds is 7. The predicted octanol–water partition coefficient (Wildman–Crippen LogP) is 3.27. The maximum Gasteiger partial charge on any atom is 0.269 e. The second-order valence-electron chi connectivity index (χ2n) is 6.41. The average Bonchev–Trinajstić information content (AvgIpc) is 2.78. The van der Waals surface area contributed by atoms with Crippen molar-refractivity contribution in [2.45, 2.75) is 6.04 Å². The van der Waals surface area contributed by atoms with Crippen molar-refractivity contribution in [1.29, 1.82) is 0 Å². The van der Waals surface area contributed by atoms with Crippen LogP contribution in [0.4, 0.5) is 17.1 Å². The number of nitrogens with two attached hydrogens (primary N) is 1. The van der Waals surface area contributed by atoms with E-state index in [2.05, 4.69) is 5.32 Å². The zero-order chi connectivity index (χ0) is 21.5. The first kappa shape index (κ1) is 20.7. The number of para-hydroxylation sites is 1. The lowest BCUT2D eigenvalue weighted by atomic mass is 10.0. The Kier molecular flexibility index (Phi) is 6.51. The van der Waals surface area contributed by atoms with Gasteiger partial charge in [-0.25, -0.2) is 0 Å². The summed E-state index contributed by atoms with van der Waals surface area (Å²) in [7, 11) is 0. The van der Waals surface area contributed by atoms with Gasteiger partial charge in [-0.05, 0) is 29.8 Å². The minimum absolute atomic E-state index is 0.0863. The van der Waals surface area contributed by atoms with Crippen molar-refractivity contribution in [2.24, 2.45) is 5.73 Å². The van der Waals surface area contributed by atoms with Gasteiger partial charge in [0, 0.05) is 23.5 Å². The topological polar surface area (TPSA) is 119 Å². The van der Waals surface area contributed by atoms with Gasteiger partial charge < -0.3 is 11.1 Å². The number of nitrogens with zero attached hydrogens (tertiary/aromatic N) is 2. The fraction of sp³-hybridized carbons (Fsp3) is 0.0909. The maximum absolute atomic E-state index is 13.3. The standard InChI is InChI=1S/C22H20N4O4/c23-15-20(27)25(18-9-5-2-6-10-18)21(16-7-3-1-4-8-16)22(28)24-17-11-13-19(14-12-17)26(29)30/h1-14,21H,15,23H2,(H,24,28). The Bertz CT molecular complexity index is 1020. The second-order valence-corrected chi connectivity index (χ2v) is 6.41. The second kappa shape index (κ2) is 9.44. The lowest BCUT2D eigenvalue weighted by Gasteiger charge is -2.31. The lowest BCUT2D eigenvalue weighted by Crippen LogP contribution is -2.44. The molecule has 0 saturated carbocycles. The number of carbonyl (C=O) groups is 2. The summed E-state index contributed by atoms with van der Waals surface area (Å²) < 4.78 is 0. The van der Waals surface area contributed by atoms with Crippen LogP contribution in [0.5, 0.6) is 0 Å². The number of nitrogens with one attached hydrogen (secondary N) is 1. The fourth-order valence-corrected chi connectivity index (χ4v) is 3.05. The highest BCUT2D eigenvalue weighted by molar-refractivity contribution is 6.06. The van der Waals surface area contributed by atoms with Crippen molar-refractivity contribution in [2.75, 3.05) is 16.8 Å². The summed E-state index contributed by atoms with van der Waals surface area (Å²) in [5.74, 6) is -0.894. The zero-order valence-corrected chi connectivity index (χ0v) is 16.0. The molecule has 1 unspecified atom stereocenters. The normalized spacial score (nSPS) is 11.4. The van der Waals surface area contributed by atoms with Crippen molar-refractivity contribution in [1.82, 2.24) is 0 Å². The van der Waals surface area contributed by atoms with Gasteiger partial charge in [0.1, 0.15) is 6.04 Å². The van der Waals surface area contributed by atoms with Crippen molar-refractivity contribution in [3.63, 3.8) is 0 Å². The van der Waals surface area contributed by atoms with Gasteiger partial charge in [-0.2, -0.15) is 0 Å². The number of non-ortho nitro benzene ring substituents is 1. The quantitative estimate of drug-likeness (QED) is 0.463. The number of nitro groups is 1. The lowest BCUT2D eigenvalue weighted by molar-refractivity contribution is -0.384. The van der Waals surface area contributed by atoms with Crippen molar-refractivity contribution < 1.29 is 14.5 Å². The van der Waals surface area contributed by atoms with E-state index in [1.165, 1.54) is 29.2 Å². The van der Waals surface area contributed by atoms with Crippen LogP contribution in [0.2, 0.25) is 0 Å². The summed E-state index contributed by atoms with van der Waals surface area (Å²) >= 11 is 0. The van der Waals surface area contributed by atoms with Crippen LogP contribution in [-0.4, -0.2) is 23.3 Å². The largest absolute Gasteiger partial charge is 0.324 e. The molecule has 0 heterocycles. The van der Waals surface area contributed by atoms with Crippen LogP contribution in [0.3, 0.4) is 0 Å². The molecule has 0 aromatic heterocycles. The van der Waals surface area contributed by atoms with E-state index in [-0.39, 0.29) is 12.2 Å². The van der Waals surface area contributed by atoms with Crippen LogP contribution >= 0.6 is 0 Å². The molecule has 2 amide bonds. The smallest absolute Gasteiger partial charge is 0.269 e. The summed E-state index contributed by atoms with van der Waals surface area (Å²) in [4.78, 5) is 37.7. The molecule has 8 heteroatoms. The molecule has 8 nitrogen and oxygen atoms in total. The summed E-state index contributed by atoms with van der Waals surface area (Å²) in [6.45, 7) is -0.275. The maximum atomic E-state index is 13.3. The third kappa shape index (κ3) is 4.68. The minimum atomic E-state index is -0.986. The Morgan fingerprint density at radius 2 is 1.50 bits per heavy atom. The van der Waals surface area contributed by atoms with Crippen molar-refractivity contribution in [3.05, 3.63) is 101 Å². The highest BCUT2D eigenvalue weighted by Crippen LogP contribution is 2.29. The first-order chi connectivity index (χ1) is 14.5. The molecular weight excluding hydrogens is 384 g/mol. The Morgan fingerprint density at radius 3 is 2.03 bits per heavy atom. The molecule has 0 saturated heterocycles. The fourth-order valence-electron chi connectivity index (χ4n) is 3.05. The van der Waals surface area contributed by atoms with Crippen LogP contribution < -0.4 is 16.0 Å². The summed E-state index contributed by atoms with van der Waals surface area (Å²) in [5, 5.41) is 13.6. The van der Waals surface area contributed by atoms with Gasteiger partial charge in [-0.15, -0.1) is 0 Å². The highest BCUT2D eigenvalue weighted by Gasteiger charge is 2.32. The molecule has 3 N–H and O–H groups in total. The number of nitro benzene ring substituents is 1. The molecule has 3 aromatic carbocycles.